The molecule has 32 heavy (non-hydrogen) atoms. The first kappa shape index (κ1) is 30.4. The Morgan fingerprint density at radius 3 is 1.06 bits per heavy atom. The van der Waals surface area contributed by atoms with E-state index in [1.807, 2.05) is 28.4 Å². The van der Waals surface area contributed by atoms with Crippen molar-refractivity contribution in [2.45, 2.75) is 38.5 Å². The van der Waals surface area contributed by atoms with Crippen LogP contribution in [0.1, 0.15) is 38.5 Å². The average Bonchev–Trinajstić information content (AvgIpc) is 2.83. The standard InChI is InChI=1S/C22H48N4O4P.ClH/c1-27-19-15-25(16-20-28-2)31(23-11-7-5-8-12-23,24-13-9-6-10-14-24)26(17-21-29-3)18-22-30-4;/h5-22H2,1-4H3;1H/q+1;/p-1. The summed E-state index contributed by atoms with van der Waals surface area (Å²) in [7, 11) is 5.27. The second-order valence-electron chi connectivity index (χ2n) is 8.44. The minimum Gasteiger partial charge on any atom is -1.00 e. The van der Waals surface area contributed by atoms with Crippen molar-refractivity contribution >= 4 is 7.87 Å². The third-order valence-corrected chi connectivity index (χ3v) is 11.0. The van der Waals surface area contributed by atoms with Crippen LogP contribution in [0, 0.1) is 0 Å². The fraction of sp³-hybridized carbons (Fsp3) is 1.00. The Labute approximate surface area is 203 Å². The van der Waals surface area contributed by atoms with Crippen LogP contribution in [-0.2, 0) is 18.9 Å². The number of ether oxygens (including phenoxy) is 4. The van der Waals surface area contributed by atoms with Gasteiger partial charge >= 0.3 is 7.87 Å². The zero-order valence-electron chi connectivity index (χ0n) is 21.0. The molecule has 0 unspecified atom stereocenters. The highest BCUT2D eigenvalue weighted by molar-refractivity contribution is 7.66. The van der Waals surface area contributed by atoms with Crippen LogP contribution >= 0.6 is 7.87 Å². The molecular weight excluding hydrogens is 451 g/mol. The number of rotatable bonds is 16. The lowest BCUT2D eigenvalue weighted by molar-refractivity contribution is -0.00000813. The van der Waals surface area contributed by atoms with Gasteiger partial charge in [-0.05, 0) is 25.7 Å². The minimum absolute atomic E-state index is 0. The molecule has 0 aliphatic carbocycles. The fourth-order valence-corrected chi connectivity index (χ4v) is 10.1. The van der Waals surface area contributed by atoms with Crippen molar-refractivity contribution in [2.75, 3.05) is 107 Å². The van der Waals surface area contributed by atoms with Gasteiger partial charge in [0.1, 0.15) is 0 Å². The molecule has 0 aromatic carbocycles. The molecule has 8 nitrogen and oxygen atoms in total. The van der Waals surface area contributed by atoms with Crippen LogP contribution in [0.25, 0.3) is 0 Å². The molecule has 2 heterocycles. The maximum atomic E-state index is 5.59. The third-order valence-electron chi connectivity index (χ3n) is 6.40. The van der Waals surface area contributed by atoms with Gasteiger partial charge in [-0.3, -0.25) is 0 Å². The molecule has 192 valence electrons. The van der Waals surface area contributed by atoms with Gasteiger partial charge in [0.2, 0.25) is 0 Å². The van der Waals surface area contributed by atoms with Gasteiger partial charge in [0.05, 0.1) is 52.6 Å². The predicted octanol–water partition coefficient (Wildman–Crippen LogP) is -0.171. The molecule has 0 spiro atoms. The van der Waals surface area contributed by atoms with Gasteiger partial charge < -0.3 is 31.4 Å². The predicted molar refractivity (Wildman–Crippen MR) is 128 cm³/mol. The average molecular weight is 499 g/mol. The molecule has 0 bridgehead atoms. The molecule has 0 N–H and O–H groups in total. The Morgan fingerprint density at radius 2 is 0.812 bits per heavy atom. The summed E-state index contributed by atoms with van der Waals surface area (Å²) in [6, 6.07) is 0. The zero-order chi connectivity index (χ0) is 22.4. The number of methoxy groups -OCH3 is 4. The summed E-state index contributed by atoms with van der Waals surface area (Å²) in [6.45, 7) is 11.2. The maximum Gasteiger partial charge on any atom is 0.308 e. The topological polar surface area (TPSA) is 49.9 Å². The highest BCUT2D eigenvalue weighted by atomic mass is 35.5. The van der Waals surface area contributed by atoms with Crippen LogP contribution < -0.4 is 12.4 Å². The van der Waals surface area contributed by atoms with E-state index in [9.17, 15) is 0 Å². The molecule has 0 atom stereocenters. The van der Waals surface area contributed by atoms with E-state index in [1.165, 1.54) is 38.5 Å². The van der Waals surface area contributed by atoms with E-state index in [2.05, 4.69) is 18.7 Å². The number of nitrogens with zero attached hydrogens (tertiary/aromatic N) is 4. The number of piperidine rings is 2. The normalized spacial score (nSPS) is 18.9. The van der Waals surface area contributed by atoms with Crippen LogP contribution in [-0.4, -0.2) is 126 Å². The van der Waals surface area contributed by atoms with Gasteiger partial charge in [0.25, 0.3) is 0 Å². The van der Waals surface area contributed by atoms with Crippen molar-refractivity contribution in [3.8, 4) is 0 Å². The summed E-state index contributed by atoms with van der Waals surface area (Å²) < 4.78 is 33.5. The highest BCUT2D eigenvalue weighted by Gasteiger charge is 2.61. The van der Waals surface area contributed by atoms with E-state index in [0.29, 0.717) is 0 Å². The van der Waals surface area contributed by atoms with Crippen LogP contribution in [0.3, 0.4) is 0 Å². The summed E-state index contributed by atoms with van der Waals surface area (Å²) in [4.78, 5) is 0. The quantitative estimate of drug-likeness (QED) is 0.272. The molecule has 2 aliphatic rings. The van der Waals surface area contributed by atoms with E-state index in [0.717, 1.165) is 78.8 Å². The number of hydrogen-bond acceptors (Lipinski definition) is 8. The Balaban J connectivity index is 0.00000512. The van der Waals surface area contributed by atoms with Crippen LogP contribution in [0.15, 0.2) is 0 Å². The summed E-state index contributed by atoms with van der Waals surface area (Å²) in [6.07, 6.45) is 7.78. The van der Waals surface area contributed by atoms with Gasteiger partial charge in [-0.25, -0.2) is 0 Å². The van der Waals surface area contributed by atoms with Gasteiger partial charge in [-0.1, -0.05) is 12.8 Å². The first-order chi connectivity index (χ1) is 15.2. The summed E-state index contributed by atoms with van der Waals surface area (Å²) in [5.41, 5.74) is 0. The van der Waals surface area contributed by atoms with Gasteiger partial charge in [0, 0.05) is 54.6 Å². The Kier molecular flexibility index (Phi) is 16.9. The molecule has 2 aliphatic heterocycles. The Morgan fingerprint density at radius 1 is 0.531 bits per heavy atom. The lowest BCUT2D eigenvalue weighted by Crippen LogP contribution is -3.00. The third kappa shape index (κ3) is 8.26. The number of hydrogen-bond donors (Lipinski definition) is 0. The van der Waals surface area contributed by atoms with Crippen molar-refractivity contribution in [3.05, 3.63) is 0 Å². The molecule has 0 saturated carbocycles. The molecular formula is C22H48ClN4O4P. The van der Waals surface area contributed by atoms with Crippen LogP contribution in [0.2, 0.25) is 0 Å². The van der Waals surface area contributed by atoms with Crippen molar-refractivity contribution < 1.29 is 31.4 Å². The van der Waals surface area contributed by atoms with Crippen molar-refractivity contribution in [1.82, 2.24) is 18.7 Å². The van der Waals surface area contributed by atoms with E-state index in [-0.39, 0.29) is 12.4 Å². The first-order valence-electron chi connectivity index (χ1n) is 12.1. The molecule has 2 rings (SSSR count). The molecule has 0 amide bonds. The van der Waals surface area contributed by atoms with Crippen molar-refractivity contribution in [3.63, 3.8) is 0 Å². The van der Waals surface area contributed by atoms with E-state index in [4.69, 9.17) is 18.9 Å². The Hall–Kier alpha value is 0.400. The van der Waals surface area contributed by atoms with Gasteiger partial charge in [0.15, 0.2) is 0 Å². The molecule has 0 radical (unpaired) electrons. The molecule has 2 saturated heterocycles. The maximum absolute atomic E-state index is 5.59. The van der Waals surface area contributed by atoms with Crippen LogP contribution in [0.4, 0.5) is 0 Å². The van der Waals surface area contributed by atoms with Crippen molar-refractivity contribution in [2.24, 2.45) is 0 Å². The van der Waals surface area contributed by atoms with Crippen LogP contribution in [0.5, 0.6) is 0 Å². The Bertz CT molecular complexity index is 402. The zero-order valence-corrected chi connectivity index (χ0v) is 22.6. The van der Waals surface area contributed by atoms with E-state index >= 15 is 0 Å². The van der Waals surface area contributed by atoms with Crippen molar-refractivity contribution in [1.29, 1.82) is 0 Å². The lowest BCUT2D eigenvalue weighted by atomic mass is 10.2. The second-order valence-corrected chi connectivity index (χ2v) is 11.8. The first-order valence-corrected chi connectivity index (χ1v) is 13.7. The lowest BCUT2D eigenvalue weighted by Gasteiger charge is -2.53. The summed E-state index contributed by atoms with van der Waals surface area (Å²) in [5, 5.41) is 0. The summed E-state index contributed by atoms with van der Waals surface area (Å²) >= 11 is 0. The highest BCUT2D eigenvalue weighted by Crippen LogP contribution is 2.70. The SMILES string of the molecule is COCCN(CCOC)[P+](N1CCCCC1)(N1CCCCC1)N(CCOC)CCOC.[Cl-]. The fourth-order valence-electron chi connectivity index (χ4n) is 4.91. The summed E-state index contributed by atoms with van der Waals surface area (Å²) in [5.74, 6) is 0. The van der Waals surface area contributed by atoms with Gasteiger partial charge in [-0.15, -0.1) is 18.7 Å². The monoisotopic (exact) mass is 498 g/mol. The van der Waals surface area contributed by atoms with Gasteiger partial charge in [-0.2, -0.15) is 0 Å². The molecule has 10 heteroatoms. The second kappa shape index (κ2) is 17.8. The smallest absolute Gasteiger partial charge is 0.308 e. The van der Waals surface area contributed by atoms with E-state index < -0.39 is 7.87 Å². The molecule has 0 aromatic rings. The number of halogens is 1. The largest absolute Gasteiger partial charge is 1.00 e. The molecule has 0 aromatic heterocycles. The minimum atomic E-state index is -1.97. The molecule has 2 fully saturated rings. The van der Waals surface area contributed by atoms with E-state index in [1.54, 1.807) is 0 Å².